The van der Waals surface area contributed by atoms with Crippen molar-refractivity contribution >= 4 is 11.9 Å². The first-order chi connectivity index (χ1) is 19.8. The number of carbonyl (C=O) groups excluding carboxylic acids is 1. The lowest BCUT2D eigenvalue weighted by atomic mass is 10.1. The summed E-state index contributed by atoms with van der Waals surface area (Å²) in [6, 6.07) is 13.6. The van der Waals surface area contributed by atoms with Crippen molar-refractivity contribution in [1.82, 2.24) is 30.1 Å². The van der Waals surface area contributed by atoms with Crippen LogP contribution in [0.2, 0.25) is 0 Å². The molecular formula is C33H41N7O. The van der Waals surface area contributed by atoms with Gasteiger partial charge in [0.1, 0.15) is 0 Å². The van der Waals surface area contributed by atoms with Gasteiger partial charge < -0.3 is 15.5 Å². The number of rotatable bonds is 10. The molecule has 0 unspecified atom stereocenters. The molecule has 2 aromatic heterocycles. The molecule has 41 heavy (non-hydrogen) atoms. The predicted octanol–water partition coefficient (Wildman–Crippen LogP) is 5.66. The second-order valence-electron chi connectivity index (χ2n) is 10.6. The van der Waals surface area contributed by atoms with E-state index in [9.17, 15) is 4.79 Å². The highest BCUT2D eigenvalue weighted by atomic mass is 16.1. The zero-order valence-corrected chi connectivity index (χ0v) is 24.8. The van der Waals surface area contributed by atoms with Crippen molar-refractivity contribution in [3.05, 3.63) is 107 Å². The Kier molecular flexibility index (Phi) is 10.5. The number of aromatic nitrogens is 3. The molecule has 1 fully saturated rings. The molecule has 3 heterocycles. The number of benzene rings is 1. The van der Waals surface area contributed by atoms with E-state index in [1.54, 1.807) is 18.6 Å². The van der Waals surface area contributed by atoms with Crippen molar-refractivity contribution in [1.29, 1.82) is 0 Å². The molecule has 1 saturated heterocycles. The van der Waals surface area contributed by atoms with Gasteiger partial charge in [-0.1, -0.05) is 30.7 Å². The Morgan fingerprint density at radius 3 is 2.41 bits per heavy atom. The number of pyridine rings is 1. The number of amides is 1. The van der Waals surface area contributed by atoms with Crippen LogP contribution in [0.4, 0.5) is 5.95 Å². The summed E-state index contributed by atoms with van der Waals surface area (Å²) in [7, 11) is 2.16. The minimum Gasteiger partial charge on any atom is -0.326 e. The second kappa shape index (κ2) is 14.5. The number of anilines is 1. The van der Waals surface area contributed by atoms with Gasteiger partial charge in [0.25, 0.3) is 5.91 Å². The first kappa shape index (κ1) is 29.8. The predicted molar refractivity (Wildman–Crippen MR) is 166 cm³/mol. The van der Waals surface area contributed by atoms with Gasteiger partial charge in [0.2, 0.25) is 5.95 Å². The van der Waals surface area contributed by atoms with E-state index in [1.165, 1.54) is 11.1 Å². The highest BCUT2D eigenvalue weighted by Crippen LogP contribution is 2.19. The van der Waals surface area contributed by atoms with Crippen molar-refractivity contribution in [2.75, 3.05) is 38.5 Å². The summed E-state index contributed by atoms with van der Waals surface area (Å²) in [6.45, 7) is 13.4. The van der Waals surface area contributed by atoms with E-state index in [4.69, 9.17) is 4.98 Å². The molecular weight excluding hydrogens is 510 g/mol. The maximum Gasteiger partial charge on any atom is 0.255 e. The molecule has 214 valence electrons. The van der Waals surface area contributed by atoms with Gasteiger partial charge >= 0.3 is 0 Å². The number of likely N-dealkylation sites (N-methyl/N-ethyl adjacent to an activating group) is 1. The van der Waals surface area contributed by atoms with Gasteiger partial charge in [-0.15, -0.1) is 0 Å². The van der Waals surface area contributed by atoms with Crippen molar-refractivity contribution in [2.45, 2.75) is 40.7 Å². The molecule has 0 bridgehead atoms. The lowest BCUT2D eigenvalue weighted by molar-refractivity contribution is 0.0966. The average molecular weight is 552 g/mol. The summed E-state index contributed by atoms with van der Waals surface area (Å²) in [4.78, 5) is 31.2. The molecule has 1 aromatic carbocycles. The summed E-state index contributed by atoms with van der Waals surface area (Å²) >= 11 is 0. The van der Waals surface area contributed by atoms with E-state index < -0.39 is 0 Å². The third-order valence-electron chi connectivity index (χ3n) is 7.19. The lowest BCUT2D eigenvalue weighted by Gasteiger charge is -2.32. The number of nitrogens with one attached hydrogen (secondary N) is 2. The number of hydrogen-bond donors (Lipinski definition) is 2. The fraction of sp³-hybridized carbons (Fsp3) is 0.333. The zero-order chi connectivity index (χ0) is 29.2. The summed E-state index contributed by atoms with van der Waals surface area (Å²) in [5, 5.41) is 6.41. The maximum absolute atomic E-state index is 13.1. The van der Waals surface area contributed by atoms with E-state index in [1.807, 2.05) is 62.4 Å². The molecule has 1 amide bonds. The van der Waals surface area contributed by atoms with Crippen LogP contribution in [0.5, 0.6) is 0 Å². The first-order valence-corrected chi connectivity index (χ1v) is 14.2. The molecule has 8 nitrogen and oxygen atoms in total. The van der Waals surface area contributed by atoms with Crippen LogP contribution in [0.25, 0.3) is 11.3 Å². The second-order valence-corrected chi connectivity index (χ2v) is 10.6. The van der Waals surface area contributed by atoms with Crippen LogP contribution in [0.1, 0.15) is 50.0 Å². The Morgan fingerprint density at radius 1 is 0.976 bits per heavy atom. The summed E-state index contributed by atoms with van der Waals surface area (Å²) in [6.07, 6.45) is 10.2. The van der Waals surface area contributed by atoms with Gasteiger partial charge in [-0.25, -0.2) is 9.97 Å². The van der Waals surface area contributed by atoms with E-state index in [2.05, 4.69) is 57.4 Å². The Morgan fingerprint density at radius 2 is 1.73 bits per heavy atom. The fourth-order valence-corrected chi connectivity index (χ4v) is 4.54. The van der Waals surface area contributed by atoms with E-state index in [0.717, 1.165) is 61.7 Å². The van der Waals surface area contributed by atoms with Crippen molar-refractivity contribution < 1.29 is 4.79 Å². The van der Waals surface area contributed by atoms with Gasteiger partial charge in [0.05, 0.1) is 5.69 Å². The first-order valence-electron chi connectivity index (χ1n) is 14.2. The molecule has 0 atom stereocenters. The number of allylic oxidation sites excluding steroid dienone is 5. The van der Waals surface area contributed by atoms with E-state index >= 15 is 0 Å². The summed E-state index contributed by atoms with van der Waals surface area (Å²) in [5.41, 5.74) is 7.32. The van der Waals surface area contributed by atoms with Gasteiger partial charge in [-0.05, 0) is 81.8 Å². The molecule has 2 N–H and O–H groups in total. The van der Waals surface area contributed by atoms with E-state index in [0.29, 0.717) is 17.2 Å². The smallest absolute Gasteiger partial charge is 0.255 e. The molecule has 8 heteroatoms. The average Bonchev–Trinajstić information content (AvgIpc) is 2.98. The van der Waals surface area contributed by atoms with Gasteiger partial charge in [0.15, 0.2) is 0 Å². The third kappa shape index (κ3) is 8.93. The maximum atomic E-state index is 13.1. The number of nitrogens with zero attached hydrogens (tertiary/aromatic N) is 5. The van der Waals surface area contributed by atoms with E-state index in [-0.39, 0.29) is 5.91 Å². The highest BCUT2D eigenvalue weighted by Gasteiger charge is 2.14. The monoisotopic (exact) mass is 551 g/mol. The Hall–Kier alpha value is -4.14. The zero-order valence-electron chi connectivity index (χ0n) is 24.8. The minimum atomic E-state index is -0.142. The number of hydrogen-bond acceptors (Lipinski definition) is 7. The quantitative estimate of drug-likeness (QED) is 0.314. The SMILES string of the molecule is CC/C(C)=C/C(C)=C(\C=C(/C)NC(=O)c1ccc(CN2CCN(C)CC2)cc1)Nc1nccc(-c2cccnc2)n1. The van der Waals surface area contributed by atoms with Crippen molar-refractivity contribution in [3.63, 3.8) is 0 Å². The number of piperazine rings is 1. The lowest BCUT2D eigenvalue weighted by Crippen LogP contribution is -2.43. The van der Waals surface area contributed by atoms with Gasteiger partial charge in [-0.3, -0.25) is 14.7 Å². The van der Waals surface area contributed by atoms with Crippen molar-refractivity contribution in [2.24, 2.45) is 0 Å². The molecule has 4 rings (SSSR count). The van der Waals surface area contributed by atoms with Crippen molar-refractivity contribution in [3.8, 4) is 11.3 Å². The van der Waals surface area contributed by atoms with Gasteiger partial charge in [0, 0.05) is 73.8 Å². The Labute approximate surface area is 243 Å². The molecule has 1 aliphatic heterocycles. The van der Waals surface area contributed by atoms with Crippen LogP contribution in [-0.4, -0.2) is 63.9 Å². The van der Waals surface area contributed by atoms with Gasteiger partial charge in [-0.2, -0.15) is 0 Å². The van der Waals surface area contributed by atoms with Crippen LogP contribution in [0.3, 0.4) is 0 Å². The minimum absolute atomic E-state index is 0.142. The van der Waals surface area contributed by atoms with Crippen LogP contribution in [0, 0.1) is 0 Å². The fourth-order valence-electron chi connectivity index (χ4n) is 4.54. The number of carbonyl (C=O) groups is 1. The van der Waals surface area contributed by atoms with Crippen LogP contribution in [0.15, 0.2) is 95.7 Å². The largest absolute Gasteiger partial charge is 0.326 e. The molecule has 1 aliphatic rings. The summed E-state index contributed by atoms with van der Waals surface area (Å²) < 4.78 is 0. The molecule has 0 saturated carbocycles. The summed E-state index contributed by atoms with van der Waals surface area (Å²) in [5.74, 6) is 0.326. The van der Waals surface area contributed by atoms with Crippen LogP contribution >= 0.6 is 0 Å². The standard InChI is InChI=1S/C33H41N7O/c1-6-24(2)20-25(3)31(38-33-35-15-13-30(37-33)29-8-7-14-34-22-29)21-26(4)36-32(41)28-11-9-27(10-12-28)23-40-18-16-39(5)17-19-40/h7-15,20-22H,6,16-19,23H2,1-5H3,(H,36,41)(H,35,37,38)/b24-20+,26-21+,31-25+. The Balaban J connectivity index is 1.48. The molecule has 0 aliphatic carbocycles. The molecule has 0 radical (unpaired) electrons. The molecule has 3 aromatic rings. The molecule has 0 spiro atoms. The topological polar surface area (TPSA) is 86.3 Å². The highest BCUT2D eigenvalue weighted by molar-refractivity contribution is 5.95. The van der Waals surface area contributed by atoms with Crippen LogP contribution < -0.4 is 10.6 Å². The van der Waals surface area contributed by atoms with Crippen LogP contribution in [-0.2, 0) is 6.54 Å². The Bertz CT molecular complexity index is 1400. The third-order valence-corrected chi connectivity index (χ3v) is 7.19. The normalized spacial score (nSPS) is 15.8.